The van der Waals surface area contributed by atoms with Crippen LogP contribution in [-0.4, -0.2) is 34.1 Å². The predicted molar refractivity (Wildman–Crippen MR) is 95.6 cm³/mol. The molecule has 3 aromatic rings. The first-order valence-corrected chi connectivity index (χ1v) is 8.61. The van der Waals surface area contributed by atoms with Crippen LogP contribution in [0.3, 0.4) is 0 Å². The molecule has 1 unspecified atom stereocenters. The van der Waals surface area contributed by atoms with Crippen molar-refractivity contribution in [3.05, 3.63) is 54.6 Å². The lowest BCUT2D eigenvalue weighted by atomic mass is 10.0. The normalized spacial score (nSPS) is 19.3. The summed E-state index contributed by atoms with van der Waals surface area (Å²) in [6.07, 6.45) is 2.50. The van der Waals surface area contributed by atoms with Crippen molar-refractivity contribution in [2.24, 2.45) is 0 Å². The zero-order valence-electron chi connectivity index (χ0n) is 13.7. The van der Waals surface area contributed by atoms with Crippen molar-refractivity contribution in [1.82, 2.24) is 14.5 Å². The molecular formula is C20H23N3. The number of nitrogens with zero attached hydrogens (tertiary/aromatic N) is 3. The van der Waals surface area contributed by atoms with E-state index in [0.717, 1.165) is 24.4 Å². The molecule has 1 atom stereocenters. The van der Waals surface area contributed by atoms with Crippen molar-refractivity contribution < 1.29 is 0 Å². The summed E-state index contributed by atoms with van der Waals surface area (Å²) in [5.74, 6) is 1.11. The van der Waals surface area contributed by atoms with Gasteiger partial charge in [-0.05, 0) is 38.1 Å². The van der Waals surface area contributed by atoms with Crippen LogP contribution in [-0.2, 0) is 0 Å². The number of benzene rings is 2. The zero-order chi connectivity index (χ0) is 15.6. The molecule has 3 heteroatoms. The number of hydrogen-bond acceptors (Lipinski definition) is 2. The Hall–Kier alpha value is -2.13. The summed E-state index contributed by atoms with van der Waals surface area (Å²) in [4.78, 5) is 7.51. The van der Waals surface area contributed by atoms with Gasteiger partial charge in [-0.25, -0.2) is 4.98 Å². The second kappa shape index (κ2) is 6.17. The highest BCUT2D eigenvalue weighted by Crippen LogP contribution is 2.32. The fourth-order valence-corrected chi connectivity index (χ4v) is 3.73. The largest absolute Gasteiger partial charge is 0.320 e. The van der Waals surface area contributed by atoms with Gasteiger partial charge in [-0.15, -0.1) is 0 Å². The van der Waals surface area contributed by atoms with Gasteiger partial charge in [-0.1, -0.05) is 49.4 Å². The summed E-state index contributed by atoms with van der Waals surface area (Å²) in [7, 11) is 0. The van der Waals surface area contributed by atoms with E-state index < -0.39 is 0 Å². The van der Waals surface area contributed by atoms with Crippen LogP contribution in [0, 0.1) is 0 Å². The van der Waals surface area contributed by atoms with Gasteiger partial charge in [0.25, 0.3) is 0 Å². The summed E-state index contributed by atoms with van der Waals surface area (Å²) in [5, 5.41) is 0. The molecule has 3 nitrogen and oxygen atoms in total. The first-order chi connectivity index (χ1) is 11.4. The third-order valence-electron chi connectivity index (χ3n) is 4.92. The summed E-state index contributed by atoms with van der Waals surface area (Å²) >= 11 is 0. The maximum Gasteiger partial charge on any atom is 0.141 e. The van der Waals surface area contributed by atoms with Crippen molar-refractivity contribution >= 4 is 11.0 Å². The van der Waals surface area contributed by atoms with Gasteiger partial charge < -0.3 is 9.47 Å². The summed E-state index contributed by atoms with van der Waals surface area (Å²) in [6, 6.07) is 19.6. The average Bonchev–Trinajstić information content (AvgIpc) is 3.02. The molecule has 0 radical (unpaired) electrons. The van der Waals surface area contributed by atoms with E-state index in [-0.39, 0.29) is 0 Å². The van der Waals surface area contributed by atoms with Crippen LogP contribution < -0.4 is 0 Å². The number of rotatable bonds is 3. The Bertz CT molecular complexity index is 791. The Balaban J connectivity index is 1.86. The first-order valence-electron chi connectivity index (χ1n) is 8.61. The lowest BCUT2D eigenvalue weighted by molar-refractivity contribution is 0.188. The molecular weight excluding hydrogens is 282 g/mol. The zero-order valence-corrected chi connectivity index (χ0v) is 13.7. The van der Waals surface area contributed by atoms with E-state index in [1.54, 1.807) is 0 Å². The Morgan fingerprint density at radius 2 is 1.83 bits per heavy atom. The quantitative estimate of drug-likeness (QED) is 0.717. The van der Waals surface area contributed by atoms with Crippen molar-refractivity contribution in [3.63, 3.8) is 0 Å². The molecule has 0 bridgehead atoms. The van der Waals surface area contributed by atoms with E-state index >= 15 is 0 Å². The number of likely N-dealkylation sites (N-methyl/N-ethyl adjacent to an activating group) is 1. The van der Waals surface area contributed by atoms with E-state index in [1.165, 1.54) is 30.5 Å². The fourth-order valence-electron chi connectivity index (χ4n) is 3.73. The summed E-state index contributed by atoms with van der Waals surface area (Å²) in [6.45, 7) is 5.73. The molecule has 1 aliphatic heterocycles. The van der Waals surface area contributed by atoms with Crippen LogP contribution in [0.5, 0.6) is 0 Å². The second-order valence-electron chi connectivity index (χ2n) is 6.35. The Morgan fingerprint density at radius 3 is 2.65 bits per heavy atom. The van der Waals surface area contributed by atoms with E-state index in [2.05, 4.69) is 71.0 Å². The molecule has 0 N–H and O–H groups in total. The molecule has 0 spiro atoms. The van der Waals surface area contributed by atoms with Gasteiger partial charge in [-0.2, -0.15) is 0 Å². The standard InChI is InChI=1S/C20H23N3/c1-2-22-14-8-11-17(15-22)23-19-13-7-6-12-18(19)21-20(23)16-9-4-3-5-10-16/h3-7,9-10,12-13,17H,2,8,11,14-15H2,1H3. The lowest BCUT2D eigenvalue weighted by Crippen LogP contribution is -2.36. The molecule has 0 amide bonds. The maximum atomic E-state index is 4.95. The van der Waals surface area contributed by atoms with Gasteiger partial charge in [0, 0.05) is 18.2 Å². The molecule has 23 heavy (non-hydrogen) atoms. The number of imidazole rings is 1. The minimum atomic E-state index is 0.506. The molecule has 118 valence electrons. The van der Waals surface area contributed by atoms with Gasteiger partial charge in [0.1, 0.15) is 5.82 Å². The third kappa shape index (κ3) is 2.66. The van der Waals surface area contributed by atoms with Crippen LogP contribution in [0.2, 0.25) is 0 Å². The molecule has 1 aromatic heterocycles. The van der Waals surface area contributed by atoms with Gasteiger partial charge in [0.15, 0.2) is 0 Å². The van der Waals surface area contributed by atoms with E-state index in [4.69, 9.17) is 4.98 Å². The van der Waals surface area contributed by atoms with Crippen LogP contribution in [0.25, 0.3) is 22.4 Å². The van der Waals surface area contributed by atoms with Gasteiger partial charge >= 0.3 is 0 Å². The minimum absolute atomic E-state index is 0.506. The van der Waals surface area contributed by atoms with E-state index in [0.29, 0.717) is 6.04 Å². The highest BCUT2D eigenvalue weighted by atomic mass is 15.2. The van der Waals surface area contributed by atoms with E-state index in [9.17, 15) is 0 Å². The highest BCUT2D eigenvalue weighted by molar-refractivity contribution is 5.80. The van der Waals surface area contributed by atoms with Crippen LogP contribution >= 0.6 is 0 Å². The minimum Gasteiger partial charge on any atom is -0.320 e. The third-order valence-corrected chi connectivity index (χ3v) is 4.92. The van der Waals surface area contributed by atoms with Crippen molar-refractivity contribution in [2.45, 2.75) is 25.8 Å². The number of fused-ring (bicyclic) bond motifs is 1. The van der Waals surface area contributed by atoms with E-state index in [1.807, 2.05) is 0 Å². The number of aromatic nitrogens is 2. The molecule has 2 aromatic carbocycles. The Labute approximate surface area is 137 Å². The predicted octanol–water partition coefficient (Wildman–Crippen LogP) is 4.36. The molecule has 0 saturated carbocycles. The summed E-state index contributed by atoms with van der Waals surface area (Å²) < 4.78 is 2.48. The molecule has 0 aliphatic carbocycles. The monoisotopic (exact) mass is 305 g/mol. The molecule has 1 saturated heterocycles. The number of hydrogen-bond donors (Lipinski definition) is 0. The lowest BCUT2D eigenvalue weighted by Gasteiger charge is -2.33. The topological polar surface area (TPSA) is 21.1 Å². The SMILES string of the molecule is CCN1CCCC(n2c(-c3ccccc3)nc3ccccc32)C1. The Morgan fingerprint density at radius 1 is 1.04 bits per heavy atom. The average molecular weight is 305 g/mol. The fraction of sp³-hybridized carbons (Fsp3) is 0.350. The first kappa shape index (κ1) is 14.5. The van der Waals surface area contributed by atoms with Gasteiger partial charge in [0.05, 0.1) is 11.0 Å². The highest BCUT2D eigenvalue weighted by Gasteiger charge is 2.24. The molecule has 1 fully saturated rings. The molecule has 4 rings (SSSR count). The smallest absolute Gasteiger partial charge is 0.141 e. The molecule has 1 aliphatic rings. The van der Waals surface area contributed by atoms with Crippen molar-refractivity contribution in [2.75, 3.05) is 19.6 Å². The van der Waals surface area contributed by atoms with Crippen molar-refractivity contribution in [3.8, 4) is 11.4 Å². The Kier molecular flexibility index (Phi) is 3.88. The number of likely N-dealkylation sites (tertiary alicyclic amines) is 1. The number of para-hydroxylation sites is 2. The van der Waals surface area contributed by atoms with Crippen LogP contribution in [0.1, 0.15) is 25.8 Å². The number of piperidine rings is 1. The van der Waals surface area contributed by atoms with Gasteiger partial charge in [-0.3, -0.25) is 0 Å². The van der Waals surface area contributed by atoms with Crippen LogP contribution in [0.15, 0.2) is 54.6 Å². The maximum absolute atomic E-state index is 4.95. The van der Waals surface area contributed by atoms with Crippen LogP contribution in [0.4, 0.5) is 0 Å². The second-order valence-corrected chi connectivity index (χ2v) is 6.35. The van der Waals surface area contributed by atoms with Crippen molar-refractivity contribution in [1.29, 1.82) is 0 Å². The summed E-state index contributed by atoms with van der Waals surface area (Å²) in [5.41, 5.74) is 3.56. The van der Waals surface area contributed by atoms with Gasteiger partial charge in [0.2, 0.25) is 0 Å². The molecule has 2 heterocycles.